The van der Waals surface area contributed by atoms with E-state index in [0.29, 0.717) is 17.8 Å². The minimum absolute atomic E-state index is 0.0938. The summed E-state index contributed by atoms with van der Waals surface area (Å²) < 4.78 is 5.37. The molecule has 3 heterocycles. The molecule has 0 spiro atoms. The molecule has 4 rings (SSSR count). The van der Waals surface area contributed by atoms with Gasteiger partial charge < -0.3 is 14.7 Å². The summed E-state index contributed by atoms with van der Waals surface area (Å²) in [4.78, 5) is 34.0. The molecule has 2 aliphatic heterocycles. The molecule has 2 saturated heterocycles. The number of hydrogen-bond acceptors (Lipinski definition) is 6. The van der Waals surface area contributed by atoms with E-state index in [-0.39, 0.29) is 11.3 Å². The van der Waals surface area contributed by atoms with Gasteiger partial charge in [0.15, 0.2) is 0 Å². The fraction of sp³-hybridized carbons (Fsp3) is 0.348. The van der Waals surface area contributed by atoms with Crippen molar-refractivity contribution in [1.82, 2.24) is 14.8 Å². The molecule has 30 heavy (non-hydrogen) atoms. The molecular formula is C23H25N3O4. The van der Waals surface area contributed by atoms with Crippen LogP contribution in [0.2, 0.25) is 0 Å². The maximum atomic E-state index is 12.9. The van der Waals surface area contributed by atoms with Crippen LogP contribution >= 0.6 is 0 Å². The molecule has 1 amide bonds. The highest BCUT2D eigenvalue weighted by Crippen LogP contribution is 2.38. The first kappa shape index (κ1) is 20.3. The Labute approximate surface area is 175 Å². The molecule has 156 valence electrons. The number of likely N-dealkylation sites (tertiary alicyclic amines) is 1. The number of benzene rings is 1. The van der Waals surface area contributed by atoms with E-state index < -0.39 is 17.7 Å². The number of aliphatic hydroxyl groups is 1. The van der Waals surface area contributed by atoms with Crippen molar-refractivity contribution in [3.8, 4) is 0 Å². The monoisotopic (exact) mass is 407 g/mol. The number of aromatic nitrogens is 1. The van der Waals surface area contributed by atoms with Gasteiger partial charge in [0.1, 0.15) is 11.8 Å². The Balaban J connectivity index is 1.63. The summed E-state index contributed by atoms with van der Waals surface area (Å²) >= 11 is 0. The second kappa shape index (κ2) is 9.19. The molecule has 0 radical (unpaired) electrons. The molecule has 7 nitrogen and oxygen atoms in total. The quantitative estimate of drug-likeness (QED) is 0.449. The van der Waals surface area contributed by atoms with Crippen LogP contribution in [0.15, 0.2) is 60.3 Å². The van der Waals surface area contributed by atoms with E-state index in [4.69, 9.17) is 4.74 Å². The minimum atomic E-state index is -0.698. The first-order valence-corrected chi connectivity index (χ1v) is 10.2. The number of ketones is 1. The summed E-state index contributed by atoms with van der Waals surface area (Å²) in [5.74, 6) is -1.43. The van der Waals surface area contributed by atoms with Gasteiger partial charge in [-0.25, -0.2) is 0 Å². The highest BCUT2D eigenvalue weighted by atomic mass is 16.5. The summed E-state index contributed by atoms with van der Waals surface area (Å²) in [6, 6.07) is 13.5. The minimum Gasteiger partial charge on any atom is -0.507 e. The van der Waals surface area contributed by atoms with Crippen LogP contribution in [-0.2, 0) is 14.3 Å². The number of ether oxygens (including phenoxy) is 1. The number of carbonyl (C=O) groups excluding carboxylic acids is 2. The van der Waals surface area contributed by atoms with E-state index in [9.17, 15) is 14.7 Å². The van der Waals surface area contributed by atoms with Crippen LogP contribution in [0.5, 0.6) is 0 Å². The predicted octanol–water partition coefficient (Wildman–Crippen LogP) is 2.23. The van der Waals surface area contributed by atoms with Crippen molar-refractivity contribution < 1.29 is 19.4 Å². The molecule has 2 fully saturated rings. The number of nitrogens with zero attached hydrogens (tertiary/aromatic N) is 3. The number of Topliss-reactive ketones (excluding diaryl/α,β-unsaturated/α-hetero) is 1. The van der Waals surface area contributed by atoms with Gasteiger partial charge in [0.2, 0.25) is 0 Å². The number of rotatable bonds is 6. The number of pyridine rings is 1. The van der Waals surface area contributed by atoms with Gasteiger partial charge in [-0.1, -0.05) is 36.4 Å². The number of carbonyl (C=O) groups is 2. The van der Waals surface area contributed by atoms with Crippen LogP contribution in [0.3, 0.4) is 0 Å². The van der Waals surface area contributed by atoms with E-state index in [1.165, 1.54) is 0 Å². The van der Waals surface area contributed by atoms with Gasteiger partial charge in [0, 0.05) is 37.9 Å². The van der Waals surface area contributed by atoms with E-state index in [0.717, 1.165) is 39.3 Å². The zero-order chi connectivity index (χ0) is 20.9. The van der Waals surface area contributed by atoms with E-state index in [1.807, 2.05) is 12.1 Å². The van der Waals surface area contributed by atoms with Crippen LogP contribution in [0.1, 0.15) is 23.7 Å². The standard InChI is InChI=1S/C23H25N3O4/c27-21(17-7-2-1-3-8-17)19-20(18-9-4-5-10-24-18)26(23(29)22(19)28)12-6-11-25-13-15-30-16-14-25/h1-5,7-10,20,27H,6,11-16H2/b21-19+/t20-/m1/s1. The van der Waals surface area contributed by atoms with Crippen molar-refractivity contribution in [2.75, 3.05) is 39.4 Å². The molecule has 1 aromatic heterocycles. The summed E-state index contributed by atoms with van der Waals surface area (Å²) in [6.45, 7) is 4.41. The average molecular weight is 407 g/mol. The van der Waals surface area contributed by atoms with Gasteiger partial charge in [-0.2, -0.15) is 0 Å². The third-order valence-electron chi connectivity index (χ3n) is 5.53. The lowest BCUT2D eigenvalue weighted by atomic mass is 9.98. The Morgan fingerprint density at radius 1 is 1.03 bits per heavy atom. The van der Waals surface area contributed by atoms with E-state index in [1.54, 1.807) is 47.5 Å². The first-order chi connectivity index (χ1) is 14.7. The molecule has 1 aromatic carbocycles. The summed E-state index contributed by atoms with van der Waals surface area (Å²) in [6.07, 6.45) is 2.35. The molecule has 0 unspecified atom stereocenters. The Morgan fingerprint density at radius 3 is 2.47 bits per heavy atom. The van der Waals surface area contributed by atoms with Crippen molar-refractivity contribution in [3.63, 3.8) is 0 Å². The molecule has 1 atom stereocenters. The zero-order valence-electron chi connectivity index (χ0n) is 16.7. The third-order valence-corrected chi connectivity index (χ3v) is 5.53. The number of morpholine rings is 1. The van der Waals surface area contributed by atoms with Crippen LogP contribution in [0.25, 0.3) is 5.76 Å². The SMILES string of the molecule is O=C1C(=O)N(CCCN2CCOCC2)[C@H](c2ccccn2)/C1=C(\O)c1ccccc1. The van der Waals surface area contributed by atoms with Gasteiger partial charge in [0.05, 0.1) is 24.5 Å². The van der Waals surface area contributed by atoms with Crippen molar-refractivity contribution in [2.45, 2.75) is 12.5 Å². The molecule has 0 bridgehead atoms. The van der Waals surface area contributed by atoms with Crippen LogP contribution in [0.4, 0.5) is 0 Å². The van der Waals surface area contributed by atoms with E-state index >= 15 is 0 Å². The third kappa shape index (κ3) is 4.13. The zero-order valence-corrected chi connectivity index (χ0v) is 16.7. The Bertz CT molecular complexity index is 924. The maximum absolute atomic E-state index is 12.9. The Morgan fingerprint density at radius 2 is 1.77 bits per heavy atom. The molecular weight excluding hydrogens is 382 g/mol. The lowest BCUT2D eigenvalue weighted by Gasteiger charge is -2.28. The van der Waals surface area contributed by atoms with Crippen LogP contribution in [0, 0.1) is 0 Å². The van der Waals surface area contributed by atoms with Crippen molar-refractivity contribution in [1.29, 1.82) is 0 Å². The normalized spacial score (nSPS) is 21.9. The highest BCUT2D eigenvalue weighted by Gasteiger charge is 2.46. The predicted molar refractivity (Wildman–Crippen MR) is 112 cm³/mol. The van der Waals surface area contributed by atoms with Gasteiger partial charge in [-0.15, -0.1) is 0 Å². The second-order valence-electron chi connectivity index (χ2n) is 7.42. The lowest BCUT2D eigenvalue weighted by molar-refractivity contribution is -0.140. The second-order valence-corrected chi connectivity index (χ2v) is 7.42. The molecule has 1 N–H and O–H groups in total. The average Bonchev–Trinajstić information content (AvgIpc) is 3.05. The molecule has 0 saturated carbocycles. The number of aliphatic hydroxyl groups excluding tert-OH is 1. The smallest absolute Gasteiger partial charge is 0.295 e. The topological polar surface area (TPSA) is 83.0 Å². The van der Waals surface area contributed by atoms with Crippen LogP contribution in [-0.4, -0.2) is 71.0 Å². The molecule has 7 heteroatoms. The Hall–Kier alpha value is -3.03. The maximum Gasteiger partial charge on any atom is 0.295 e. The summed E-state index contributed by atoms with van der Waals surface area (Å²) in [7, 11) is 0. The molecule has 2 aromatic rings. The largest absolute Gasteiger partial charge is 0.507 e. The Kier molecular flexibility index (Phi) is 6.21. The van der Waals surface area contributed by atoms with Crippen LogP contribution < -0.4 is 0 Å². The van der Waals surface area contributed by atoms with Gasteiger partial charge >= 0.3 is 0 Å². The molecule has 2 aliphatic rings. The van der Waals surface area contributed by atoms with Gasteiger partial charge in [-0.05, 0) is 18.6 Å². The highest BCUT2D eigenvalue weighted by molar-refractivity contribution is 6.46. The van der Waals surface area contributed by atoms with Crippen molar-refractivity contribution in [3.05, 3.63) is 71.6 Å². The van der Waals surface area contributed by atoms with E-state index in [2.05, 4.69) is 9.88 Å². The lowest BCUT2D eigenvalue weighted by Crippen LogP contribution is -2.39. The number of amides is 1. The van der Waals surface area contributed by atoms with Gasteiger partial charge in [0.25, 0.3) is 11.7 Å². The summed E-state index contributed by atoms with van der Waals surface area (Å²) in [5, 5.41) is 10.9. The van der Waals surface area contributed by atoms with Crippen molar-refractivity contribution >= 4 is 17.4 Å². The fourth-order valence-corrected chi connectivity index (χ4v) is 4.00. The first-order valence-electron chi connectivity index (χ1n) is 10.2. The van der Waals surface area contributed by atoms with Gasteiger partial charge in [-0.3, -0.25) is 19.5 Å². The fourth-order valence-electron chi connectivity index (χ4n) is 4.00. The van der Waals surface area contributed by atoms with Crippen molar-refractivity contribution in [2.24, 2.45) is 0 Å². The number of hydrogen-bond donors (Lipinski definition) is 1. The summed E-state index contributed by atoms with van der Waals surface area (Å²) in [5.41, 5.74) is 1.17. The molecule has 0 aliphatic carbocycles.